The molecule has 0 atom stereocenters. The predicted molar refractivity (Wildman–Crippen MR) is 111 cm³/mol. The third-order valence-corrected chi connectivity index (χ3v) is 5.53. The van der Waals surface area contributed by atoms with E-state index in [0.717, 1.165) is 0 Å². The summed E-state index contributed by atoms with van der Waals surface area (Å²) in [5.74, 6) is -0.752. The van der Waals surface area contributed by atoms with Crippen molar-refractivity contribution in [1.82, 2.24) is 14.1 Å². The van der Waals surface area contributed by atoms with Crippen LogP contribution in [0.25, 0.3) is 5.69 Å². The van der Waals surface area contributed by atoms with Crippen LogP contribution in [0.1, 0.15) is 0 Å². The van der Waals surface area contributed by atoms with Crippen LogP contribution < -0.4 is 21.8 Å². The molecule has 0 fully saturated rings. The van der Waals surface area contributed by atoms with Crippen molar-refractivity contribution in [3.05, 3.63) is 77.9 Å². The predicted octanol–water partition coefficient (Wildman–Crippen LogP) is 3.98. The number of nitrogens with one attached hydrogen (secondary N) is 1. The molecule has 164 valence electrons. The van der Waals surface area contributed by atoms with Gasteiger partial charge in [-0.1, -0.05) is 23.2 Å². The molecule has 31 heavy (non-hydrogen) atoms. The fraction of sp³-hybridized carbons (Fsp3) is 0.167. The van der Waals surface area contributed by atoms with Crippen molar-refractivity contribution in [2.24, 2.45) is 7.05 Å². The molecule has 0 unspecified atom stereocenters. The molecule has 3 rings (SSSR count). The highest BCUT2D eigenvalue weighted by atomic mass is 35.5. The number of aromatic nitrogens is 3. The third-order valence-electron chi connectivity index (χ3n) is 3.89. The van der Waals surface area contributed by atoms with Crippen molar-refractivity contribution in [3.63, 3.8) is 0 Å². The lowest BCUT2D eigenvalue weighted by atomic mass is 10.3. The van der Waals surface area contributed by atoms with Crippen molar-refractivity contribution in [2.45, 2.75) is 11.1 Å². The van der Waals surface area contributed by atoms with Crippen molar-refractivity contribution >= 4 is 35.0 Å². The van der Waals surface area contributed by atoms with E-state index in [-0.39, 0.29) is 27.2 Å². The van der Waals surface area contributed by atoms with Gasteiger partial charge in [0.05, 0.1) is 21.5 Å². The summed E-state index contributed by atoms with van der Waals surface area (Å²) in [5.41, 5.74) is -2.74. The van der Waals surface area contributed by atoms with Crippen LogP contribution in [0, 0.1) is 0 Å². The first-order chi connectivity index (χ1) is 14.5. The Morgan fingerprint density at radius 2 is 1.61 bits per heavy atom. The Morgan fingerprint density at radius 1 is 1.03 bits per heavy atom. The second-order valence-corrected chi connectivity index (χ2v) is 7.99. The van der Waals surface area contributed by atoms with Crippen LogP contribution in [0.4, 0.5) is 13.2 Å². The van der Waals surface area contributed by atoms with Gasteiger partial charge < -0.3 is 4.74 Å². The molecule has 0 radical (unpaired) electrons. The zero-order valence-electron chi connectivity index (χ0n) is 15.5. The Morgan fingerprint density at radius 3 is 2.16 bits per heavy atom. The van der Waals surface area contributed by atoms with E-state index in [1.807, 2.05) is 4.98 Å². The smallest absolute Gasteiger partial charge is 0.398 e. The molecule has 0 saturated heterocycles. The van der Waals surface area contributed by atoms with E-state index in [9.17, 15) is 27.6 Å². The minimum Gasteiger partial charge on any atom is -0.454 e. The van der Waals surface area contributed by atoms with Gasteiger partial charge in [0.15, 0.2) is 5.75 Å². The first kappa shape index (κ1) is 23.0. The average molecular weight is 494 g/mol. The average Bonchev–Trinajstić information content (AvgIpc) is 2.68. The molecule has 0 amide bonds. The first-order valence-electron chi connectivity index (χ1n) is 8.35. The van der Waals surface area contributed by atoms with Crippen LogP contribution in [0.3, 0.4) is 0 Å². The highest BCUT2D eigenvalue weighted by molar-refractivity contribution is 7.99. The van der Waals surface area contributed by atoms with Gasteiger partial charge in [-0.2, -0.15) is 13.2 Å². The number of ether oxygens (including phenoxy) is 1. The van der Waals surface area contributed by atoms with Crippen LogP contribution >= 0.6 is 35.0 Å². The summed E-state index contributed by atoms with van der Waals surface area (Å²) in [7, 11) is 1.19. The highest BCUT2D eigenvalue weighted by Gasteiger charge is 2.27. The van der Waals surface area contributed by atoms with Gasteiger partial charge in [-0.3, -0.25) is 4.98 Å². The molecule has 1 aromatic heterocycles. The number of H-pyrrole nitrogens is 1. The number of alkyl halides is 3. The SMILES string of the molecule is Cn1c(=O)[nH]c(=O)n(-c2cc(Cl)c(Oc3ccc(SCC(F)(F)F)cc3)c(Cl)c2)c1=O. The lowest BCUT2D eigenvalue weighted by molar-refractivity contribution is -0.105. The zero-order valence-corrected chi connectivity index (χ0v) is 17.8. The Balaban J connectivity index is 1.89. The molecule has 0 aliphatic heterocycles. The first-order valence-corrected chi connectivity index (χ1v) is 10.1. The van der Waals surface area contributed by atoms with Gasteiger partial charge in [0.1, 0.15) is 5.75 Å². The number of rotatable bonds is 5. The molecule has 3 aromatic rings. The monoisotopic (exact) mass is 493 g/mol. The largest absolute Gasteiger partial charge is 0.454 e. The number of hydrogen-bond acceptors (Lipinski definition) is 5. The molecule has 0 saturated carbocycles. The number of aromatic amines is 1. The minimum absolute atomic E-state index is 0.00287. The maximum absolute atomic E-state index is 12.3. The molecular formula is C18H12Cl2F3N3O4S. The summed E-state index contributed by atoms with van der Waals surface area (Å²) in [6.07, 6.45) is -4.28. The molecule has 0 aliphatic rings. The highest BCUT2D eigenvalue weighted by Crippen LogP contribution is 2.38. The van der Waals surface area contributed by atoms with E-state index < -0.39 is 29.0 Å². The summed E-state index contributed by atoms with van der Waals surface area (Å²) in [5, 5.41) is -0.0867. The van der Waals surface area contributed by atoms with Crippen molar-refractivity contribution in [3.8, 4) is 17.2 Å². The summed E-state index contributed by atoms with van der Waals surface area (Å²) in [4.78, 5) is 38.2. The summed E-state index contributed by atoms with van der Waals surface area (Å²) < 4.78 is 43.9. The molecule has 1 N–H and O–H groups in total. The zero-order chi connectivity index (χ0) is 22.9. The lowest BCUT2D eigenvalue weighted by Gasteiger charge is -2.13. The summed E-state index contributed by atoms with van der Waals surface area (Å²) in [6.45, 7) is 0. The van der Waals surface area contributed by atoms with Crippen LogP contribution in [0.5, 0.6) is 11.5 Å². The number of benzene rings is 2. The van der Waals surface area contributed by atoms with Gasteiger partial charge in [0.2, 0.25) is 0 Å². The molecule has 2 aromatic carbocycles. The van der Waals surface area contributed by atoms with Gasteiger partial charge in [0, 0.05) is 11.9 Å². The van der Waals surface area contributed by atoms with E-state index in [0.29, 0.717) is 25.8 Å². The number of thioether (sulfide) groups is 1. The van der Waals surface area contributed by atoms with Gasteiger partial charge >= 0.3 is 23.2 Å². The Kier molecular flexibility index (Phi) is 6.58. The van der Waals surface area contributed by atoms with Gasteiger partial charge in [0.25, 0.3) is 0 Å². The second kappa shape index (κ2) is 8.85. The fourth-order valence-corrected chi connectivity index (χ4v) is 3.65. The minimum atomic E-state index is -4.28. The molecule has 0 spiro atoms. The third kappa shape index (κ3) is 5.35. The number of hydrogen-bond donors (Lipinski definition) is 1. The van der Waals surface area contributed by atoms with Crippen LogP contribution in [-0.2, 0) is 7.05 Å². The van der Waals surface area contributed by atoms with Crippen molar-refractivity contribution in [2.75, 3.05) is 5.75 Å². The normalized spacial score (nSPS) is 11.5. The summed E-state index contributed by atoms with van der Waals surface area (Å²) in [6, 6.07) is 8.29. The van der Waals surface area contributed by atoms with Crippen molar-refractivity contribution < 1.29 is 17.9 Å². The maximum Gasteiger partial charge on any atom is 0.398 e. The fourth-order valence-electron chi connectivity index (χ4n) is 2.44. The molecule has 7 nitrogen and oxygen atoms in total. The Bertz CT molecular complexity index is 1280. The molecular weight excluding hydrogens is 482 g/mol. The molecule has 0 bridgehead atoms. The lowest BCUT2D eigenvalue weighted by Crippen LogP contribution is -2.47. The van der Waals surface area contributed by atoms with Crippen LogP contribution in [-0.4, -0.2) is 26.0 Å². The van der Waals surface area contributed by atoms with E-state index in [1.165, 1.54) is 43.4 Å². The van der Waals surface area contributed by atoms with Crippen molar-refractivity contribution in [1.29, 1.82) is 0 Å². The van der Waals surface area contributed by atoms with Crippen LogP contribution in [0.2, 0.25) is 10.0 Å². The topological polar surface area (TPSA) is 86.1 Å². The van der Waals surface area contributed by atoms with Crippen LogP contribution in [0.15, 0.2) is 55.7 Å². The van der Waals surface area contributed by atoms with E-state index in [1.54, 1.807) is 0 Å². The maximum atomic E-state index is 12.3. The van der Waals surface area contributed by atoms with E-state index >= 15 is 0 Å². The van der Waals surface area contributed by atoms with Gasteiger partial charge in [-0.15, -0.1) is 11.8 Å². The summed E-state index contributed by atoms with van der Waals surface area (Å²) >= 11 is 13.0. The number of nitrogens with zero attached hydrogens (tertiary/aromatic N) is 2. The number of halogens is 5. The molecule has 13 heteroatoms. The Hall–Kier alpha value is -2.63. The quantitative estimate of drug-likeness (QED) is 0.543. The van der Waals surface area contributed by atoms with E-state index in [2.05, 4.69) is 0 Å². The van der Waals surface area contributed by atoms with Gasteiger partial charge in [-0.05, 0) is 36.4 Å². The van der Waals surface area contributed by atoms with Gasteiger partial charge in [-0.25, -0.2) is 23.5 Å². The second-order valence-electron chi connectivity index (χ2n) is 6.13. The standard InChI is InChI=1S/C18H12Cl2F3N3O4S/c1-25-15(27)24-16(28)26(17(25)29)9-6-12(19)14(13(20)7-9)30-10-2-4-11(5-3-10)31-8-18(21,22)23/h2-7H,8H2,1H3,(H,24,27,28). The molecule has 0 aliphatic carbocycles. The van der Waals surface area contributed by atoms with E-state index in [4.69, 9.17) is 27.9 Å². The molecule has 1 heterocycles. The Labute approximate surface area is 186 Å².